The summed E-state index contributed by atoms with van der Waals surface area (Å²) >= 11 is 0. The van der Waals surface area contributed by atoms with Gasteiger partial charge in [0, 0.05) is 13.7 Å². The predicted octanol–water partition coefficient (Wildman–Crippen LogP) is 1.68. The normalized spacial score (nSPS) is 14.2. The Morgan fingerprint density at radius 1 is 1.54 bits per heavy atom. The Bertz CT molecular complexity index is 167. The van der Waals surface area contributed by atoms with Crippen LogP contribution < -0.4 is 0 Å². The molecule has 0 spiro atoms. The molecule has 0 aliphatic rings. The molecule has 3 nitrogen and oxygen atoms in total. The van der Waals surface area contributed by atoms with E-state index in [1.165, 1.54) is 7.11 Å². The van der Waals surface area contributed by atoms with Crippen molar-refractivity contribution in [2.24, 2.45) is 5.92 Å². The van der Waals surface area contributed by atoms with Crippen molar-refractivity contribution in [3.8, 4) is 0 Å². The van der Waals surface area contributed by atoms with E-state index in [1.807, 2.05) is 0 Å². The Morgan fingerprint density at radius 2 is 2.08 bits per heavy atom. The zero-order valence-corrected chi connectivity index (χ0v) is 7.10. The van der Waals surface area contributed by atoms with Gasteiger partial charge >= 0.3 is 12.1 Å². The third kappa shape index (κ3) is 5.46. The zero-order valence-electron chi connectivity index (χ0n) is 7.10. The van der Waals surface area contributed by atoms with E-state index in [1.54, 1.807) is 0 Å². The first-order valence-electron chi connectivity index (χ1n) is 3.65. The van der Waals surface area contributed by atoms with Crippen molar-refractivity contribution in [2.75, 3.05) is 13.7 Å². The molecule has 0 aliphatic carbocycles. The number of carbonyl (C=O) groups is 1. The number of carboxylic acid groups (broad SMARTS) is 1. The Labute approximate surface area is 73.5 Å². The minimum atomic E-state index is -4.46. The quantitative estimate of drug-likeness (QED) is 0.734. The summed E-state index contributed by atoms with van der Waals surface area (Å²) in [4.78, 5) is 10.1. The van der Waals surface area contributed by atoms with Crippen LogP contribution in [0.5, 0.6) is 0 Å². The smallest absolute Gasteiger partial charge is 0.392 e. The summed E-state index contributed by atoms with van der Waals surface area (Å²) < 4.78 is 40.7. The maximum atomic E-state index is 12.1. The van der Waals surface area contributed by atoms with Crippen LogP contribution in [0.1, 0.15) is 12.8 Å². The molecule has 6 heteroatoms. The van der Waals surface area contributed by atoms with Crippen molar-refractivity contribution in [3.63, 3.8) is 0 Å². The molecule has 0 aromatic heterocycles. The first kappa shape index (κ1) is 12.2. The fourth-order valence-corrected chi connectivity index (χ4v) is 0.852. The third-order valence-electron chi connectivity index (χ3n) is 1.55. The molecule has 1 unspecified atom stereocenters. The molecule has 78 valence electrons. The van der Waals surface area contributed by atoms with Crippen molar-refractivity contribution in [1.29, 1.82) is 0 Å². The molecule has 0 aromatic carbocycles. The highest BCUT2D eigenvalue weighted by molar-refractivity contribution is 5.67. The maximum Gasteiger partial charge on any atom is 0.392 e. The number of carboxylic acids is 1. The lowest BCUT2D eigenvalue weighted by Gasteiger charge is -2.17. The van der Waals surface area contributed by atoms with Gasteiger partial charge in [-0.15, -0.1) is 0 Å². The van der Waals surface area contributed by atoms with E-state index in [2.05, 4.69) is 4.74 Å². The van der Waals surface area contributed by atoms with Crippen LogP contribution >= 0.6 is 0 Å². The van der Waals surface area contributed by atoms with Crippen LogP contribution in [0.4, 0.5) is 13.2 Å². The second kappa shape index (κ2) is 5.06. The van der Waals surface area contributed by atoms with Crippen molar-refractivity contribution in [3.05, 3.63) is 0 Å². The lowest BCUT2D eigenvalue weighted by atomic mass is 10.0. The molecule has 0 rings (SSSR count). The number of halogens is 3. The van der Waals surface area contributed by atoms with E-state index in [0.717, 1.165) is 0 Å². The van der Waals surface area contributed by atoms with Crippen molar-refractivity contribution in [1.82, 2.24) is 0 Å². The van der Waals surface area contributed by atoms with Gasteiger partial charge in [0.05, 0.1) is 12.3 Å². The zero-order chi connectivity index (χ0) is 10.5. The van der Waals surface area contributed by atoms with Gasteiger partial charge in [-0.1, -0.05) is 0 Å². The molecule has 0 heterocycles. The summed E-state index contributed by atoms with van der Waals surface area (Å²) in [5.41, 5.74) is 0. The number of ether oxygens (including phenoxy) is 1. The largest absolute Gasteiger partial charge is 0.481 e. The summed E-state index contributed by atoms with van der Waals surface area (Å²) in [6.07, 6.45) is -5.67. The van der Waals surface area contributed by atoms with Crippen molar-refractivity contribution in [2.45, 2.75) is 19.0 Å². The molecule has 0 fully saturated rings. The molecular formula is C7H11F3O3. The van der Waals surface area contributed by atoms with Crippen LogP contribution in [0.2, 0.25) is 0 Å². The number of alkyl halides is 3. The van der Waals surface area contributed by atoms with E-state index in [-0.39, 0.29) is 13.0 Å². The van der Waals surface area contributed by atoms with Gasteiger partial charge in [0.25, 0.3) is 0 Å². The molecule has 0 radical (unpaired) electrons. The minimum Gasteiger partial charge on any atom is -0.481 e. The number of hydrogen-bond acceptors (Lipinski definition) is 2. The van der Waals surface area contributed by atoms with E-state index in [4.69, 9.17) is 5.11 Å². The van der Waals surface area contributed by atoms with Gasteiger partial charge in [-0.3, -0.25) is 4.79 Å². The second-order valence-corrected chi connectivity index (χ2v) is 2.62. The Kier molecular flexibility index (Phi) is 4.76. The molecule has 1 N–H and O–H groups in total. The minimum absolute atomic E-state index is 0.0859. The predicted molar refractivity (Wildman–Crippen MR) is 38.3 cm³/mol. The van der Waals surface area contributed by atoms with Gasteiger partial charge in [0.1, 0.15) is 0 Å². The van der Waals surface area contributed by atoms with Crippen LogP contribution in [0.3, 0.4) is 0 Å². The first-order chi connectivity index (χ1) is 5.88. The Balaban J connectivity index is 4.11. The summed E-state index contributed by atoms with van der Waals surface area (Å²) in [5, 5.41) is 8.21. The summed E-state index contributed by atoms with van der Waals surface area (Å²) in [7, 11) is 1.27. The lowest BCUT2D eigenvalue weighted by Crippen LogP contribution is -2.26. The Hall–Kier alpha value is -0.780. The maximum absolute atomic E-state index is 12.1. The third-order valence-corrected chi connectivity index (χ3v) is 1.55. The summed E-state index contributed by atoms with van der Waals surface area (Å²) in [5.74, 6) is -3.26. The van der Waals surface area contributed by atoms with Gasteiger partial charge in [-0.25, -0.2) is 0 Å². The van der Waals surface area contributed by atoms with E-state index in [0.29, 0.717) is 0 Å². The van der Waals surface area contributed by atoms with Crippen molar-refractivity contribution < 1.29 is 27.8 Å². The topological polar surface area (TPSA) is 46.5 Å². The standard InChI is InChI=1S/C7H11F3O3/c1-13-3-2-5(4-6(11)12)7(8,9)10/h5H,2-4H2,1H3,(H,11,12). The number of rotatable bonds is 5. The molecule has 0 saturated heterocycles. The van der Waals surface area contributed by atoms with Crippen LogP contribution in [-0.2, 0) is 9.53 Å². The average molecular weight is 200 g/mol. The highest BCUT2D eigenvalue weighted by atomic mass is 19.4. The van der Waals surface area contributed by atoms with Gasteiger partial charge in [-0.2, -0.15) is 13.2 Å². The number of hydrogen-bond donors (Lipinski definition) is 1. The SMILES string of the molecule is COCCC(CC(=O)O)C(F)(F)F. The van der Waals surface area contributed by atoms with E-state index < -0.39 is 24.5 Å². The van der Waals surface area contributed by atoms with Crippen molar-refractivity contribution >= 4 is 5.97 Å². The fraction of sp³-hybridized carbons (Fsp3) is 0.857. The number of aliphatic carboxylic acids is 1. The van der Waals surface area contributed by atoms with Gasteiger partial charge in [0.2, 0.25) is 0 Å². The van der Waals surface area contributed by atoms with Gasteiger partial charge in [0.15, 0.2) is 0 Å². The number of methoxy groups -OCH3 is 1. The first-order valence-corrected chi connectivity index (χ1v) is 3.65. The molecule has 13 heavy (non-hydrogen) atoms. The highest BCUT2D eigenvalue weighted by Crippen LogP contribution is 2.31. The highest BCUT2D eigenvalue weighted by Gasteiger charge is 2.40. The van der Waals surface area contributed by atoms with Crippen LogP contribution in [0, 0.1) is 5.92 Å². The molecule has 1 atom stereocenters. The molecule has 0 amide bonds. The van der Waals surface area contributed by atoms with Crippen LogP contribution in [0.25, 0.3) is 0 Å². The summed E-state index contributed by atoms with van der Waals surface area (Å²) in [6, 6.07) is 0. The molecule has 0 bridgehead atoms. The van der Waals surface area contributed by atoms with Crippen LogP contribution in [0.15, 0.2) is 0 Å². The molecule has 0 aromatic rings. The van der Waals surface area contributed by atoms with Gasteiger partial charge < -0.3 is 9.84 Å². The molecule has 0 aliphatic heterocycles. The van der Waals surface area contributed by atoms with E-state index >= 15 is 0 Å². The molecule has 0 saturated carbocycles. The van der Waals surface area contributed by atoms with E-state index in [9.17, 15) is 18.0 Å². The summed E-state index contributed by atoms with van der Waals surface area (Å²) in [6.45, 7) is -0.0859. The van der Waals surface area contributed by atoms with Crippen LogP contribution in [-0.4, -0.2) is 31.0 Å². The Morgan fingerprint density at radius 3 is 2.38 bits per heavy atom. The average Bonchev–Trinajstić information content (AvgIpc) is 1.95. The van der Waals surface area contributed by atoms with Gasteiger partial charge in [-0.05, 0) is 6.42 Å². The second-order valence-electron chi connectivity index (χ2n) is 2.62. The fourth-order valence-electron chi connectivity index (χ4n) is 0.852. The monoisotopic (exact) mass is 200 g/mol. The lowest BCUT2D eigenvalue weighted by molar-refractivity contribution is -0.186. The molecular weight excluding hydrogens is 189 g/mol.